The summed E-state index contributed by atoms with van der Waals surface area (Å²) in [5.41, 5.74) is 2.27. The van der Waals surface area contributed by atoms with E-state index in [1.165, 1.54) is 5.56 Å². The zero-order valence-electron chi connectivity index (χ0n) is 14.9. The van der Waals surface area contributed by atoms with Crippen LogP contribution in [0.4, 0.5) is 4.79 Å². The average Bonchev–Trinajstić information content (AvgIpc) is 3.10. The Labute approximate surface area is 153 Å². The second-order valence-corrected chi connectivity index (χ2v) is 6.17. The third-order valence-electron chi connectivity index (χ3n) is 4.17. The number of carbonyl (C=O) groups excluding carboxylic acids is 1. The first-order chi connectivity index (χ1) is 12.7. The van der Waals surface area contributed by atoms with Gasteiger partial charge in [-0.1, -0.05) is 36.4 Å². The molecule has 1 aliphatic rings. The lowest BCUT2D eigenvalue weighted by atomic mass is 9.99. The van der Waals surface area contributed by atoms with Gasteiger partial charge in [-0.05, 0) is 36.1 Å². The van der Waals surface area contributed by atoms with E-state index in [9.17, 15) is 4.79 Å². The van der Waals surface area contributed by atoms with E-state index in [2.05, 4.69) is 22.8 Å². The molecular formula is C20H24N2O4. The third kappa shape index (κ3) is 5.13. The molecule has 0 saturated heterocycles. The van der Waals surface area contributed by atoms with Crippen LogP contribution in [0.25, 0.3) is 0 Å². The maximum atomic E-state index is 12.2. The smallest absolute Gasteiger partial charge is 0.315 e. The number of urea groups is 1. The van der Waals surface area contributed by atoms with Gasteiger partial charge in [0.15, 0.2) is 11.5 Å². The molecule has 6 heteroatoms. The highest BCUT2D eigenvalue weighted by Gasteiger charge is 2.17. The Bertz CT molecular complexity index is 721. The van der Waals surface area contributed by atoms with Gasteiger partial charge in [0.05, 0.1) is 6.61 Å². The molecule has 1 heterocycles. The largest absolute Gasteiger partial charge is 0.454 e. The first-order valence-corrected chi connectivity index (χ1v) is 8.70. The molecule has 0 aromatic heterocycles. The monoisotopic (exact) mass is 356 g/mol. The number of amides is 2. The van der Waals surface area contributed by atoms with Crippen LogP contribution < -0.4 is 20.1 Å². The van der Waals surface area contributed by atoms with E-state index >= 15 is 0 Å². The Morgan fingerprint density at radius 1 is 1.08 bits per heavy atom. The van der Waals surface area contributed by atoms with Crippen molar-refractivity contribution in [2.24, 2.45) is 0 Å². The third-order valence-corrected chi connectivity index (χ3v) is 4.17. The van der Waals surface area contributed by atoms with Crippen LogP contribution in [0.1, 0.15) is 11.1 Å². The normalized spacial score (nSPS) is 13.3. The minimum absolute atomic E-state index is 0.0414. The second-order valence-electron chi connectivity index (χ2n) is 6.17. The fraction of sp³-hybridized carbons (Fsp3) is 0.350. The van der Waals surface area contributed by atoms with E-state index < -0.39 is 0 Å². The lowest BCUT2D eigenvalue weighted by molar-refractivity contribution is 0.174. The average molecular weight is 356 g/mol. The first-order valence-electron chi connectivity index (χ1n) is 8.70. The minimum Gasteiger partial charge on any atom is -0.454 e. The molecule has 138 valence electrons. The number of hydrogen-bond donors (Lipinski definition) is 2. The Morgan fingerprint density at radius 3 is 2.65 bits per heavy atom. The lowest BCUT2D eigenvalue weighted by Crippen LogP contribution is -2.45. The molecule has 0 spiro atoms. The first kappa shape index (κ1) is 18.1. The van der Waals surface area contributed by atoms with Gasteiger partial charge in [-0.3, -0.25) is 0 Å². The summed E-state index contributed by atoms with van der Waals surface area (Å²) in [4.78, 5) is 12.2. The molecule has 1 aliphatic heterocycles. The van der Waals surface area contributed by atoms with Crippen molar-refractivity contribution in [3.05, 3.63) is 59.7 Å². The van der Waals surface area contributed by atoms with Crippen molar-refractivity contribution in [1.29, 1.82) is 0 Å². The molecule has 0 aliphatic carbocycles. The van der Waals surface area contributed by atoms with Crippen LogP contribution in [0.3, 0.4) is 0 Å². The summed E-state index contributed by atoms with van der Waals surface area (Å²) < 4.78 is 15.8. The van der Waals surface area contributed by atoms with Crippen molar-refractivity contribution < 1.29 is 19.0 Å². The zero-order chi connectivity index (χ0) is 18.2. The Balaban J connectivity index is 1.66. The van der Waals surface area contributed by atoms with Crippen molar-refractivity contribution in [1.82, 2.24) is 10.6 Å². The van der Waals surface area contributed by atoms with Gasteiger partial charge < -0.3 is 24.8 Å². The predicted octanol–water partition coefficient (Wildman–Crippen LogP) is 2.51. The van der Waals surface area contributed by atoms with Gasteiger partial charge in [0.25, 0.3) is 0 Å². The Kier molecular flexibility index (Phi) is 6.33. The molecule has 1 atom stereocenters. The van der Waals surface area contributed by atoms with Crippen molar-refractivity contribution in [3.8, 4) is 11.5 Å². The van der Waals surface area contributed by atoms with Gasteiger partial charge in [-0.2, -0.15) is 0 Å². The lowest BCUT2D eigenvalue weighted by Gasteiger charge is -2.20. The summed E-state index contributed by atoms with van der Waals surface area (Å²) in [5, 5.41) is 5.87. The van der Waals surface area contributed by atoms with Gasteiger partial charge >= 0.3 is 6.03 Å². The molecule has 2 N–H and O–H groups in total. The summed E-state index contributed by atoms with van der Waals surface area (Å²) in [6.45, 7) is 1.22. The molecule has 2 aromatic rings. The topological polar surface area (TPSA) is 68.8 Å². The molecular weight excluding hydrogens is 332 g/mol. The van der Waals surface area contributed by atoms with Crippen LogP contribution in [-0.2, 0) is 17.6 Å². The Morgan fingerprint density at radius 2 is 1.85 bits per heavy atom. The predicted molar refractivity (Wildman–Crippen MR) is 98.6 cm³/mol. The number of benzene rings is 2. The van der Waals surface area contributed by atoms with E-state index in [0.717, 1.165) is 23.5 Å². The molecule has 0 radical (unpaired) electrons. The maximum Gasteiger partial charge on any atom is 0.315 e. The van der Waals surface area contributed by atoms with Crippen LogP contribution in [0.2, 0.25) is 0 Å². The minimum atomic E-state index is -0.191. The summed E-state index contributed by atoms with van der Waals surface area (Å²) in [5.74, 6) is 1.52. The standard InChI is InChI=1S/C20H24N2O4/c1-24-10-9-21-20(23)22-17(11-15-5-3-2-4-6-15)12-16-7-8-18-19(13-16)26-14-25-18/h2-8,13,17H,9-12,14H2,1H3,(H2,21,22,23). The highest BCUT2D eigenvalue weighted by molar-refractivity contribution is 5.74. The van der Waals surface area contributed by atoms with Gasteiger partial charge in [0.2, 0.25) is 6.79 Å². The quantitative estimate of drug-likeness (QED) is 0.713. The van der Waals surface area contributed by atoms with E-state index in [1.54, 1.807) is 7.11 Å². The number of nitrogens with one attached hydrogen (secondary N) is 2. The van der Waals surface area contributed by atoms with E-state index in [4.69, 9.17) is 14.2 Å². The molecule has 6 nitrogen and oxygen atoms in total. The van der Waals surface area contributed by atoms with Crippen LogP contribution >= 0.6 is 0 Å². The Hall–Kier alpha value is -2.73. The number of rotatable bonds is 8. The summed E-state index contributed by atoms with van der Waals surface area (Å²) in [7, 11) is 1.61. The van der Waals surface area contributed by atoms with Gasteiger partial charge in [-0.25, -0.2) is 4.79 Å². The van der Waals surface area contributed by atoms with E-state index in [1.807, 2.05) is 36.4 Å². The van der Waals surface area contributed by atoms with Crippen molar-refractivity contribution in [2.75, 3.05) is 27.1 Å². The summed E-state index contributed by atoms with van der Waals surface area (Å²) >= 11 is 0. The molecule has 1 unspecified atom stereocenters. The molecule has 0 bridgehead atoms. The van der Waals surface area contributed by atoms with Gasteiger partial charge in [0, 0.05) is 19.7 Å². The summed E-state index contributed by atoms with van der Waals surface area (Å²) in [6.07, 6.45) is 1.44. The molecule has 0 fully saturated rings. The molecule has 0 saturated carbocycles. The number of fused-ring (bicyclic) bond motifs is 1. The summed E-state index contributed by atoms with van der Waals surface area (Å²) in [6, 6.07) is 15.8. The molecule has 3 rings (SSSR count). The number of ether oxygens (including phenoxy) is 3. The van der Waals surface area contributed by atoms with Crippen molar-refractivity contribution >= 4 is 6.03 Å². The zero-order valence-corrected chi connectivity index (χ0v) is 14.9. The number of carbonyl (C=O) groups is 1. The highest BCUT2D eigenvalue weighted by atomic mass is 16.7. The van der Waals surface area contributed by atoms with Crippen molar-refractivity contribution in [2.45, 2.75) is 18.9 Å². The van der Waals surface area contributed by atoms with Crippen molar-refractivity contribution in [3.63, 3.8) is 0 Å². The fourth-order valence-corrected chi connectivity index (χ4v) is 2.93. The van der Waals surface area contributed by atoms with Gasteiger partial charge in [0.1, 0.15) is 0 Å². The van der Waals surface area contributed by atoms with E-state index in [0.29, 0.717) is 19.6 Å². The second kappa shape index (κ2) is 9.10. The fourth-order valence-electron chi connectivity index (χ4n) is 2.93. The highest BCUT2D eigenvalue weighted by Crippen LogP contribution is 2.32. The number of methoxy groups -OCH3 is 1. The molecule has 26 heavy (non-hydrogen) atoms. The molecule has 2 aromatic carbocycles. The maximum absolute atomic E-state index is 12.2. The van der Waals surface area contributed by atoms with Gasteiger partial charge in [-0.15, -0.1) is 0 Å². The van der Waals surface area contributed by atoms with Crippen LogP contribution in [0.5, 0.6) is 11.5 Å². The van der Waals surface area contributed by atoms with Crippen LogP contribution in [0, 0.1) is 0 Å². The van der Waals surface area contributed by atoms with Crippen LogP contribution in [0.15, 0.2) is 48.5 Å². The number of hydrogen-bond acceptors (Lipinski definition) is 4. The van der Waals surface area contributed by atoms with Crippen LogP contribution in [-0.4, -0.2) is 39.1 Å². The molecule has 2 amide bonds. The SMILES string of the molecule is COCCNC(=O)NC(Cc1ccccc1)Cc1ccc2c(c1)OCO2. The van der Waals surface area contributed by atoms with E-state index in [-0.39, 0.29) is 18.9 Å².